The quantitative estimate of drug-likeness (QED) is 0.837. The fourth-order valence-electron chi connectivity index (χ4n) is 2.90. The molecular weight excluding hydrogens is 298 g/mol. The van der Waals surface area contributed by atoms with Crippen LogP contribution in [0.4, 0.5) is 0 Å². The minimum absolute atomic E-state index is 0.0369. The molecule has 1 unspecified atom stereocenters. The largest absolute Gasteiger partial charge is 0.338 e. The van der Waals surface area contributed by atoms with E-state index < -0.39 is 0 Å². The Bertz CT molecular complexity index is 529. The van der Waals surface area contributed by atoms with Crippen LogP contribution in [0.5, 0.6) is 0 Å². The van der Waals surface area contributed by atoms with E-state index in [1.54, 1.807) is 28.2 Å². The number of likely N-dealkylation sites (tertiary alicyclic amines) is 1. The average Bonchev–Trinajstić information content (AvgIpc) is 2.91. The van der Waals surface area contributed by atoms with E-state index in [9.17, 15) is 9.59 Å². The first-order valence-corrected chi connectivity index (χ1v) is 8.86. The van der Waals surface area contributed by atoms with Crippen molar-refractivity contribution in [3.8, 4) is 0 Å². The summed E-state index contributed by atoms with van der Waals surface area (Å²) in [4.78, 5) is 32.9. The van der Waals surface area contributed by atoms with E-state index in [4.69, 9.17) is 0 Å². The summed E-state index contributed by atoms with van der Waals surface area (Å²) < 4.78 is 0. The van der Waals surface area contributed by atoms with Crippen LogP contribution in [0, 0.1) is 6.92 Å². The molecular formula is C16H25N3O2S. The number of aromatic nitrogens is 1. The Hall–Kier alpha value is -1.43. The Morgan fingerprint density at radius 1 is 1.45 bits per heavy atom. The number of hydrogen-bond acceptors (Lipinski definition) is 4. The van der Waals surface area contributed by atoms with Gasteiger partial charge in [0.1, 0.15) is 6.04 Å². The van der Waals surface area contributed by atoms with Gasteiger partial charge in [0, 0.05) is 25.4 Å². The Morgan fingerprint density at radius 3 is 2.86 bits per heavy atom. The molecule has 22 heavy (non-hydrogen) atoms. The first kappa shape index (κ1) is 16.9. The Balaban J connectivity index is 2.02. The number of piperidine rings is 1. The van der Waals surface area contributed by atoms with Gasteiger partial charge < -0.3 is 9.80 Å². The summed E-state index contributed by atoms with van der Waals surface area (Å²) in [6.45, 7) is 5.17. The molecule has 2 rings (SSSR count). The first-order chi connectivity index (χ1) is 10.5. The number of carbonyl (C=O) groups excluding carboxylic acids is 2. The highest BCUT2D eigenvalue weighted by atomic mass is 32.1. The Labute approximate surface area is 136 Å². The summed E-state index contributed by atoms with van der Waals surface area (Å²) in [5, 5.41) is 2.99. The molecule has 1 saturated heterocycles. The van der Waals surface area contributed by atoms with Crippen molar-refractivity contribution in [2.75, 3.05) is 13.6 Å². The maximum atomic E-state index is 12.7. The van der Waals surface area contributed by atoms with Crippen LogP contribution in [0.3, 0.4) is 0 Å². The molecule has 1 aromatic rings. The van der Waals surface area contributed by atoms with Crippen molar-refractivity contribution in [3.63, 3.8) is 0 Å². The average molecular weight is 323 g/mol. The molecule has 1 aliphatic rings. The summed E-state index contributed by atoms with van der Waals surface area (Å²) in [5.74, 6) is 0.147. The maximum absolute atomic E-state index is 12.7. The highest BCUT2D eigenvalue weighted by molar-refractivity contribution is 7.09. The molecule has 6 heteroatoms. The summed E-state index contributed by atoms with van der Waals surface area (Å²) in [7, 11) is 1.80. The number of likely N-dealkylation sites (N-methyl/N-ethyl adjacent to an activating group) is 1. The summed E-state index contributed by atoms with van der Waals surface area (Å²) in [6, 6.07) is -0.294. The first-order valence-electron chi connectivity index (χ1n) is 7.98. The van der Waals surface area contributed by atoms with Crippen molar-refractivity contribution in [3.05, 3.63) is 16.1 Å². The zero-order valence-electron chi connectivity index (χ0n) is 13.7. The molecule has 1 aliphatic heterocycles. The maximum Gasteiger partial charge on any atom is 0.245 e. The molecule has 1 atom stereocenters. The SMILES string of the molecule is CCCC(=O)N1CCCCC1C(=O)N(C)Cc1csc(C)n1. The third-order valence-electron chi connectivity index (χ3n) is 4.01. The zero-order chi connectivity index (χ0) is 16.1. The van der Waals surface area contributed by atoms with Crippen LogP contribution >= 0.6 is 11.3 Å². The number of aryl methyl sites for hydroxylation is 1. The predicted molar refractivity (Wildman–Crippen MR) is 87.6 cm³/mol. The molecule has 0 aliphatic carbocycles. The smallest absolute Gasteiger partial charge is 0.245 e. The molecule has 2 heterocycles. The topological polar surface area (TPSA) is 53.5 Å². The van der Waals surface area contributed by atoms with Gasteiger partial charge in [0.25, 0.3) is 0 Å². The van der Waals surface area contributed by atoms with Crippen molar-refractivity contribution >= 4 is 23.2 Å². The van der Waals surface area contributed by atoms with E-state index in [1.165, 1.54) is 0 Å². The number of carbonyl (C=O) groups is 2. The molecule has 0 radical (unpaired) electrons. The van der Waals surface area contributed by atoms with Gasteiger partial charge in [0.2, 0.25) is 11.8 Å². The van der Waals surface area contributed by atoms with Gasteiger partial charge in [-0.05, 0) is 32.6 Å². The second kappa shape index (κ2) is 7.72. The van der Waals surface area contributed by atoms with E-state index >= 15 is 0 Å². The van der Waals surface area contributed by atoms with Gasteiger partial charge >= 0.3 is 0 Å². The van der Waals surface area contributed by atoms with Gasteiger partial charge in [-0.15, -0.1) is 11.3 Å². The molecule has 0 aromatic carbocycles. The molecule has 1 aromatic heterocycles. The number of nitrogens with zero attached hydrogens (tertiary/aromatic N) is 3. The lowest BCUT2D eigenvalue weighted by Crippen LogP contribution is -2.52. The second-order valence-corrected chi connectivity index (χ2v) is 6.96. The van der Waals surface area contributed by atoms with Gasteiger partial charge in [-0.3, -0.25) is 9.59 Å². The van der Waals surface area contributed by atoms with Crippen LogP contribution < -0.4 is 0 Å². The van der Waals surface area contributed by atoms with Crippen molar-refractivity contribution in [2.24, 2.45) is 0 Å². The van der Waals surface area contributed by atoms with Crippen molar-refractivity contribution in [1.82, 2.24) is 14.8 Å². The van der Waals surface area contributed by atoms with E-state index in [0.717, 1.165) is 36.4 Å². The fourth-order valence-corrected chi connectivity index (χ4v) is 3.50. The van der Waals surface area contributed by atoms with E-state index in [0.29, 0.717) is 19.5 Å². The molecule has 0 N–H and O–H groups in total. The molecule has 0 bridgehead atoms. The molecule has 0 spiro atoms. The number of rotatable bonds is 5. The lowest BCUT2D eigenvalue weighted by molar-refractivity contribution is -0.147. The van der Waals surface area contributed by atoms with Crippen LogP contribution in [0.2, 0.25) is 0 Å². The number of amides is 2. The highest BCUT2D eigenvalue weighted by Crippen LogP contribution is 2.21. The third kappa shape index (κ3) is 4.06. The van der Waals surface area contributed by atoms with Gasteiger partial charge in [-0.1, -0.05) is 6.92 Å². The lowest BCUT2D eigenvalue weighted by atomic mass is 10.00. The summed E-state index contributed by atoms with van der Waals surface area (Å²) in [5.41, 5.74) is 0.917. The lowest BCUT2D eigenvalue weighted by Gasteiger charge is -2.36. The third-order valence-corrected chi connectivity index (χ3v) is 4.84. The fraction of sp³-hybridized carbons (Fsp3) is 0.688. The Morgan fingerprint density at radius 2 is 2.23 bits per heavy atom. The zero-order valence-corrected chi connectivity index (χ0v) is 14.5. The van der Waals surface area contributed by atoms with Crippen LogP contribution in [0.15, 0.2) is 5.38 Å². The van der Waals surface area contributed by atoms with Gasteiger partial charge in [-0.25, -0.2) is 4.98 Å². The standard InChI is InChI=1S/C16H25N3O2S/c1-4-7-15(20)19-9-6-5-8-14(19)16(21)18(3)10-13-11-22-12(2)17-13/h11,14H,4-10H2,1-3H3. The molecule has 5 nitrogen and oxygen atoms in total. The monoisotopic (exact) mass is 323 g/mol. The molecule has 1 fully saturated rings. The van der Waals surface area contributed by atoms with Crippen LogP contribution in [-0.4, -0.2) is 46.2 Å². The minimum atomic E-state index is -0.294. The number of hydrogen-bond donors (Lipinski definition) is 0. The van der Waals surface area contributed by atoms with Crippen molar-refractivity contribution in [2.45, 2.75) is 58.5 Å². The van der Waals surface area contributed by atoms with E-state index in [-0.39, 0.29) is 17.9 Å². The van der Waals surface area contributed by atoms with Crippen LogP contribution in [0.25, 0.3) is 0 Å². The summed E-state index contributed by atoms with van der Waals surface area (Å²) >= 11 is 1.59. The highest BCUT2D eigenvalue weighted by Gasteiger charge is 2.33. The van der Waals surface area contributed by atoms with Crippen molar-refractivity contribution < 1.29 is 9.59 Å². The number of thiazole rings is 1. The normalized spacial score (nSPS) is 18.3. The Kier molecular flexibility index (Phi) is 5.94. The summed E-state index contributed by atoms with van der Waals surface area (Å²) in [6.07, 6.45) is 4.13. The van der Waals surface area contributed by atoms with Crippen molar-refractivity contribution in [1.29, 1.82) is 0 Å². The predicted octanol–water partition coefficient (Wildman–Crippen LogP) is 2.59. The van der Waals surface area contributed by atoms with E-state index in [1.807, 2.05) is 19.2 Å². The van der Waals surface area contributed by atoms with Gasteiger partial charge in [-0.2, -0.15) is 0 Å². The molecule has 0 saturated carbocycles. The van der Waals surface area contributed by atoms with Crippen LogP contribution in [-0.2, 0) is 16.1 Å². The molecule has 122 valence electrons. The van der Waals surface area contributed by atoms with Crippen LogP contribution in [0.1, 0.15) is 49.7 Å². The van der Waals surface area contributed by atoms with Gasteiger partial charge in [0.05, 0.1) is 17.2 Å². The minimum Gasteiger partial charge on any atom is -0.338 e. The van der Waals surface area contributed by atoms with Gasteiger partial charge in [0.15, 0.2) is 0 Å². The molecule has 2 amide bonds. The van der Waals surface area contributed by atoms with E-state index in [2.05, 4.69) is 4.98 Å². The second-order valence-electron chi connectivity index (χ2n) is 5.90.